The molecule has 1 atom stereocenters. The van der Waals surface area contributed by atoms with Crippen molar-refractivity contribution < 1.29 is 0 Å². The number of nitrogens with one attached hydrogen (secondary N) is 1. The Bertz CT molecular complexity index is 803. The first-order valence-corrected chi connectivity index (χ1v) is 9.28. The maximum atomic E-state index is 3.77. The lowest BCUT2D eigenvalue weighted by Gasteiger charge is -2.25. The Balaban J connectivity index is 1.83. The van der Waals surface area contributed by atoms with Gasteiger partial charge in [-0.15, -0.1) is 0 Å². The molecule has 0 spiro atoms. The molecule has 1 aliphatic heterocycles. The molecule has 1 aliphatic rings. The second-order valence-corrected chi connectivity index (χ2v) is 6.87. The second kappa shape index (κ2) is 6.82. The van der Waals surface area contributed by atoms with E-state index in [-0.39, 0.29) is 0 Å². The van der Waals surface area contributed by atoms with Gasteiger partial charge >= 0.3 is 0 Å². The highest BCUT2D eigenvalue weighted by molar-refractivity contribution is 5.97. The molecule has 4 rings (SSSR count). The van der Waals surface area contributed by atoms with E-state index in [2.05, 4.69) is 71.4 Å². The summed E-state index contributed by atoms with van der Waals surface area (Å²) in [6, 6.07) is 20.1. The number of fused-ring (bicyclic) bond motifs is 1. The molecule has 0 aliphatic carbocycles. The zero-order valence-electron chi connectivity index (χ0n) is 14.5. The number of aromatic nitrogens is 1. The minimum atomic E-state index is 0.527. The zero-order valence-corrected chi connectivity index (χ0v) is 14.5. The monoisotopic (exact) mass is 318 g/mol. The van der Waals surface area contributed by atoms with E-state index in [1.54, 1.807) is 0 Å². The molecule has 0 saturated carbocycles. The zero-order chi connectivity index (χ0) is 16.4. The highest BCUT2D eigenvalue weighted by Gasteiger charge is 2.29. The molecule has 2 heterocycles. The van der Waals surface area contributed by atoms with E-state index in [9.17, 15) is 0 Å². The van der Waals surface area contributed by atoms with Gasteiger partial charge in [0.25, 0.3) is 0 Å². The van der Waals surface area contributed by atoms with Gasteiger partial charge in [0, 0.05) is 22.2 Å². The molecule has 124 valence electrons. The summed E-state index contributed by atoms with van der Waals surface area (Å²) in [7, 11) is 0. The molecular formula is C22H26N2. The van der Waals surface area contributed by atoms with Gasteiger partial charge in [0.1, 0.15) is 0 Å². The first kappa shape index (κ1) is 15.5. The topological polar surface area (TPSA) is 19.0 Å². The molecule has 0 bridgehead atoms. The van der Waals surface area contributed by atoms with E-state index in [0.29, 0.717) is 6.04 Å². The Morgan fingerprint density at radius 1 is 1.04 bits per heavy atom. The number of para-hydroxylation sites is 1. The van der Waals surface area contributed by atoms with E-state index in [0.717, 1.165) is 0 Å². The Morgan fingerprint density at radius 3 is 2.67 bits per heavy atom. The van der Waals surface area contributed by atoms with Crippen LogP contribution in [0.3, 0.4) is 0 Å². The summed E-state index contributed by atoms with van der Waals surface area (Å²) in [4.78, 5) is 6.45. The van der Waals surface area contributed by atoms with Crippen LogP contribution in [0.5, 0.6) is 0 Å². The number of benzene rings is 2. The van der Waals surface area contributed by atoms with Gasteiger partial charge in [0.15, 0.2) is 0 Å². The van der Waals surface area contributed by atoms with Crippen LogP contribution >= 0.6 is 0 Å². The van der Waals surface area contributed by atoms with Crippen LogP contribution in [0.2, 0.25) is 0 Å². The van der Waals surface area contributed by atoms with Gasteiger partial charge in [-0.3, -0.25) is 4.90 Å². The molecule has 3 aromatic rings. The molecule has 1 N–H and O–H groups in total. The van der Waals surface area contributed by atoms with Crippen molar-refractivity contribution in [2.45, 2.75) is 38.6 Å². The van der Waals surface area contributed by atoms with E-state index in [1.807, 2.05) is 0 Å². The number of likely N-dealkylation sites (tertiary alicyclic amines) is 1. The lowest BCUT2D eigenvalue weighted by molar-refractivity contribution is 0.250. The lowest BCUT2D eigenvalue weighted by Crippen LogP contribution is -2.24. The molecule has 0 amide bonds. The predicted molar refractivity (Wildman–Crippen MR) is 102 cm³/mol. The summed E-state index contributed by atoms with van der Waals surface area (Å²) in [6.45, 7) is 4.72. The summed E-state index contributed by atoms with van der Waals surface area (Å²) in [5.41, 5.74) is 5.40. The van der Waals surface area contributed by atoms with E-state index >= 15 is 0 Å². The van der Waals surface area contributed by atoms with Crippen LogP contribution in [-0.2, 0) is 0 Å². The summed E-state index contributed by atoms with van der Waals surface area (Å²) >= 11 is 0. The number of rotatable bonds is 5. The van der Waals surface area contributed by atoms with Crippen LogP contribution in [0.4, 0.5) is 0 Å². The highest BCUT2D eigenvalue weighted by Crippen LogP contribution is 2.41. The third kappa shape index (κ3) is 2.76. The maximum Gasteiger partial charge on any atom is 0.0505 e. The Labute approximate surface area is 144 Å². The largest absolute Gasteiger partial charge is 0.357 e. The molecule has 2 nitrogen and oxygen atoms in total. The van der Waals surface area contributed by atoms with Gasteiger partial charge in [-0.2, -0.15) is 0 Å². The fraction of sp³-hybridized carbons (Fsp3) is 0.364. The van der Waals surface area contributed by atoms with E-state index in [4.69, 9.17) is 0 Å². The van der Waals surface area contributed by atoms with Crippen LogP contribution in [0.15, 0.2) is 54.6 Å². The summed E-state index contributed by atoms with van der Waals surface area (Å²) in [6.07, 6.45) is 5.12. The van der Waals surface area contributed by atoms with Crippen LogP contribution in [0.1, 0.15) is 44.3 Å². The first-order valence-electron chi connectivity index (χ1n) is 9.28. The molecule has 2 aromatic carbocycles. The molecule has 1 aromatic heterocycles. The van der Waals surface area contributed by atoms with Crippen molar-refractivity contribution in [2.75, 3.05) is 13.1 Å². The fourth-order valence-electron chi connectivity index (χ4n) is 4.11. The van der Waals surface area contributed by atoms with Crippen molar-refractivity contribution in [1.29, 1.82) is 0 Å². The summed E-state index contributed by atoms with van der Waals surface area (Å²) < 4.78 is 0. The van der Waals surface area contributed by atoms with Crippen LogP contribution in [0.25, 0.3) is 22.0 Å². The molecule has 24 heavy (non-hydrogen) atoms. The highest BCUT2D eigenvalue weighted by atomic mass is 15.2. The number of H-pyrrole nitrogens is 1. The summed E-state index contributed by atoms with van der Waals surface area (Å²) in [5, 5.41) is 1.35. The Morgan fingerprint density at radius 2 is 1.83 bits per heavy atom. The number of hydrogen-bond donors (Lipinski definition) is 1. The number of nitrogens with zero attached hydrogens (tertiary/aromatic N) is 1. The van der Waals surface area contributed by atoms with Crippen molar-refractivity contribution >= 4 is 10.9 Å². The Kier molecular flexibility index (Phi) is 4.40. The first-order chi connectivity index (χ1) is 11.9. The van der Waals surface area contributed by atoms with E-state index in [1.165, 1.54) is 66.5 Å². The molecule has 1 unspecified atom stereocenters. The molecule has 1 saturated heterocycles. The standard InChI is InChI=1S/C22H26N2/c1-2-3-15-24-16-9-14-20(24)22-21(17-10-5-4-6-11-17)18-12-7-8-13-19(18)23-22/h4-8,10-13,20,23H,2-3,9,14-16H2,1H3. The number of aromatic amines is 1. The Hall–Kier alpha value is -2.06. The van der Waals surface area contributed by atoms with E-state index < -0.39 is 0 Å². The van der Waals surface area contributed by atoms with Crippen molar-refractivity contribution in [3.63, 3.8) is 0 Å². The second-order valence-electron chi connectivity index (χ2n) is 6.87. The molecule has 1 fully saturated rings. The minimum Gasteiger partial charge on any atom is -0.357 e. The van der Waals surface area contributed by atoms with Gasteiger partial charge in [0.05, 0.1) is 6.04 Å². The van der Waals surface area contributed by atoms with Crippen molar-refractivity contribution in [3.05, 3.63) is 60.3 Å². The van der Waals surface area contributed by atoms with Gasteiger partial charge in [-0.05, 0) is 44.0 Å². The average Bonchev–Trinajstić information content (AvgIpc) is 3.24. The molecular weight excluding hydrogens is 292 g/mol. The van der Waals surface area contributed by atoms with Gasteiger partial charge < -0.3 is 4.98 Å². The SMILES string of the molecule is CCCCN1CCCC1c1[nH]c2ccccc2c1-c1ccccc1. The van der Waals surface area contributed by atoms with Crippen molar-refractivity contribution in [3.8, 4) is 11.1 Å². The predicted octanol–water partition coefficient (Wildman–Crippen LogP) is 5.77. The van der Waals surface area contributed by atoms with Crippen LogP contribution in [-0.4, -0.2) is 23.0 Å². The van der Waals surface area contributed by atoms with Gasteiger partial charge in [0.2, 0.25) is 0 Å². The van der Waals surface area contributed by atoms with Gasteiger partial charge in [-0.1, -0.05) is 61.9 Å². The third-order valence-electron chi connectivity index (χ3n) is 5.29. The smallest absolute Gasteiger partial charge is 0.0505 e. The summed E-state index contributed by atoms with van der Waals surface area (Å²) in [5.74, 6) is 0. The van der Waals surface area contributed by atoms with Crippen LogP contribution in [0, 0.1) is 0 Å². The van der Waals surface area contributed by atoms with Gasteiger partial charge in [-0.25, -0.2) is 0 Å². The maximum absolute atomic E-state index is 3.77. The van der Waals surface area contributed by atoms with Crippen molar-refractivity contribution in [2.24, 2.45) is 0 Å². The fourth-order valence-corrected chi connectivity index (χ4v) is 4.11. The minimum absolute atomic E-state index is 0.527. The quantitative estimate of drug-likeness (QED) is 0.632. The molecule has 0 radical (unpaired) electrons. The molecule has 2 heteroatoms. The van der Waals surface area contributed by atoms with Crippen molar-refractivity contribution in [1.82, 2.24) is 9.88 Å². The number of unbranched alkanes of at least 4 members (excludes halogenated alkanes) is 1. The average molecular weight is 318 g/mol. The normalized spacial score (nSPS) is 18.5. The van der Waals surface area contributed by atoms with Crippen LogP contribution < -0.4 is 0 Å². The lowest BCUT2D eigenvalue weighted by atomic mass is 9.97. The number of hydrogen-bond acceptors (Lipinski definition) is 1. The third-order valence-corrected chi connectivity index (χ3v) is 5.29.